The zero-order valence-corrected chi connectivity index (χ0v) is 33.3. The van der Waals surface area contributed by atoms with Gasteiger partial charge in [0.1, 0.15) is 5.58 Å². The van der Waals surface area contributed by atoms with Gasteiger partial charge in [-0.15, -0.1) is 11.3 Å². The van der Waals surface area contributed by atoms with E-state index in [1.54, 1.807) is 11.3 Å². The average Bonchev–Trinajstić information content (AvgIpc) is 4.02. The minimum Gasteiger partial charge on any atom is -0.454 e. The van der Waals surface area contributed by atoms with Crippen LogP contribution in [0.3, 0.4) is 0 Å². The molecule has 0 bridgehead atoms. The summed E-state index contributed by atoms with van der Waals surface area (Å²) in [4.78, 5) is 2.35. The third kappa shape index (κ3) is 5.65. The molecule has 0 fully saturated rings. The van der Waals surface area contributed by atoms with Crippen LogP contribution in [0.4, 0.5) is 17.1 Å². The Morgan fingerprint density at radius 3 is 1.68 bits per heavy atom. The normalized spacial score (nSPS) is 11.7. The Labute approximate surface area is 351 Å². The molecule has 0 N–H and O–H groups in total. The summed E-state index contributed by atoms with van der Waals surface area (Å²) in [6.07, 6.45) is 0. The van der Waals surface area contributed by atoms with Gasteiger partial charge in [0, 0.05) is 54.3 Å². The fraction of sp³-hybridized carbons (Fsp3) is 0. The number of fused-ring (bicyclic) bond motifs is 7. The maximum absolute atomic E-state index is 6.53. The maximum Gasteiger partial charge on any atom is 0.159 e. The zero-order chi connectivity index (χ0) is 39.6. The van der Waals surface area contributed by atoms with Gasteiger partial charge < -0.3 is 13.9 Å². The second kappa shape index (κ2) is 14.0. The number of benzene rings is 9. The van der Waals surface area contributed by atoms with Crippen LogP contribution in [-0.2, 0) is 0 Å². The largest absolute Gasteiger partial charge is 0.454 e. The minimum absolute atomic E-state index is 0.898. The molecule has 12 rings (SSSR count). The summed E-state index contributed by atoms with van der Waals surface area (Å²) in [6, 6.07) is 76.4. The molecule has 0 unspecified atom stereocenters. The van der Waals surface area contributed by atoms with Crippen LogP contribution in [0.25, 0.3) is 92.9 Å². The van der Waals surface area contributed by atoms with E-state index in [-0.39, 0.29) is 0 Å². The van der Waals surface area contributed by atoms with Crippen molar-refractivity contribution >= 4 is 82.2 Å². The number of thiophene rings is 1. The first-order chi connectivity index (χ1) is 29.7. The van der Waals surface area contributed by atoms with Crippen molar-refractivity contribution in [2.24, 2.45) is 0 Å². The number of furan rings is 1. The van der Waals surface area contributed by atoms with Crippen molar-refractivity contribution in [1.82, 2.24) is 4.57 Å². The Morgan fingerprint density at radius 2 is 0.933 bits per heavy atom. The van der Waals surface area contributed by atoms with E-state index in [4.69, 9.17) is 4.42 Å². The summed E-state index contributed by atoms with van der Waals surface area (Å²) in [5, 5.41) is 8.24. The molecule has 9 aromatic carbocycles. The number of aromatic nitrogens is 1. The molecule has 0 saturated carbocycles. The Hall–Kier alpha value is -7.66. The molecule has 3 aromatic heterocycles. The van der Waals surface area contributed by atoms with Gasteiger partial charge in [0.2, 0.25) is 0 Å². The van der Waals surface area contributed by atoms with Gasteiger partial charge in [0.05, 0.1) is 16.7 Å². The third-order valence-electron chi connectivity index (χ3n) is 11.9. The Bertz CT molecular complexity index is 3520. The fourth-order valence-corrected chi connectivity index (χ4v) is 9.97. The Kier molecular flexibility index (Phi) is 8.03. The predicted molar refractivity (Wildman–Crippen MR) is 254 cm³/mol. The molecule has 0 aliphatic carbocycles. The van der Waals surface area contributed by atoms with Gasteiger partial charge in [-0.25, -0.2) is 0 Å². The summed E-state index contributed by atoms with van der Waals surface area (Å²) in [5.41, 5.74) is 15.7. The highest BCUT2D eigenvalue weighted by Gasteiger charge is 2.19. The highest BCUT2D eigenvalue weighted by Crippen LogP contribution is 2.42. The number of hydrogen-bond acceptors (Lipinski definition) is 3. The monoisotopic (exact) mass is 784 g/mol. The fourth-order valence-electron chi connectivity index (χ4n) is 9.00. The van der Waals surface area contributed by atoms with E-state index in [1.807, 2.05) is 12.1 Å². The van der Waals surface area contributed by atoms with Crippen LogP contribution in [0.2, 0.25) is 0 Å². The van der Waals surface area contributed by atoms with Gasteiger partial charge in [-0.05, 0) is 106 Å². The molecule has 0 aliphatic rings. The van der Waals surface area contributed by atoms with Crippen molar-refractivity contribution in [3.8, 4) is 39.1 Å². The summed E-state index contributed by atoms with van der Waals surface area (Å²) >= 11 is 1.80. The molecule has 60 heavy (non-hydrogen) atoms. The van der Waals surface area contributed by atoms with Crippen LogP contribution < -0.4 is 4.90 Å². The van der Waals surface area contributed by atoms with Crippen LogP contribution >= 0.6 is 11.3 Å². The van der Waals surface area contributed by atoms with Crippen LogP contribution in [-0.4, -0.2) is 4.57 Å². The van der Waals surface area contributed by atoms with E-state index in [9.17, 15) is 0 Å². The quantitative estimate of drug-likeness (QED) is 0.161. The topological polar surface area (TPSA) is 21.3 Å². The molecule has 0 saturated heterocycles. The SMILES string of the molecule is c1ccc(-c2ccc(N(c3ccc(-c4ccc5c(c4)c4ccccc4n5-c4cccc5c4oc4ccccc45)cc3)c3ccc(-c4csc5ccccc45)cc3)cc2)cc1. The van der Waals surface area contributed by atoms with Crippen LogP contribution in [0.1, 0.15) is 0 Å². The van der Waals surface area contributed by atoms with Crippen molar-refractivity contribution < 1.29 is 4.42 Å². The van der Waals surface area contributed by atoms with Gasteiger partial charge in [-0.1, -0.05) is 140 Å². The van der Waals surface area contributed by atoms with Crippen molar-refractivity contribution in [3.63, 3.8) is 0 Å². The number of rotatable bonds is 7. The molecule has 12 aromatic rings. The van der Waals surface area contributed by atoms with Crippen LogP contribution in [0.5, 0.6) is 0 Å². The number of nitrogens with zero attached hydrogens (tertiary/aromatic N) is 2. The lowest BCUT2D eigenvalue weighted by Gasteiger charge is -2.26. The van der Waals surface area contributed by atoms with E-state index < -0.39 is 0 Å². The van der Waals surface area contributed by atoms with Crippen molar-refractivity contribution in [3.05, 3.63) is 218 Å². The van der Waals surface area contributed by atoms with E-state index in [1.165, 1.54) is 48.7 Å². The summed E-state index contributed by atoms with van der Waals surface area (Å²) in [6.45, 7) is 0. The van der Waals surface area contributed by atoms with Crippen molar-refractivity contribution in [2.45, 2.75) is 0 Å². The van der Waals surface area contributed by atoms with Gasteiger partial charge in [0.25, 0.3) is 0 Å². The summed E-state index contributed by atoms with van der Waals surface area (Å²) in [5.74, 6) is 0. The minimum atomic E-state index is 0.898. The van der Waals surface area contributed by atoms with Gasteiger partial charge >= 0.3 is 0 Å². The molecular formula is C56H36N2OS. The van der Waals surface area contributed by atoms with E-state index >= 15 is 0 Å². The van der Waals surface area contributed by atoms with Gasteiger partial charge in [0.15, 0.2) is 5.58 Å². The number of anilines is 3. The lowest BCUT2D eigenvalue weighted by Crippen LogP contribution is -2.09. The van der Waals surface area contributed by atoms with Crippen LogP contribution in [0, 0.1) is 0 Å². The lowest BCUT2D eigenvalue weighted by atomic mass is 10.0. The molecule has 4 heteroatoms. The molecule has 282 valence electrons. The first-order valence-electron chi connectivity index (χ1n) is 20.3. The van der Waals surface area contributed by atoms with Crippen molar-refractivity contribution in [1.29, 1.82) is 0 Å². The standard InChI is InChI=1S/C56H36N2OS/c1-2-11-37(12-3-1)38-21-28-42(29-22-38)57(44-32-25-40(26-33-44)50-36-60-55-20-9-6-15-47(50)55)43-30-23-39(24-31-43)41-27-34-52-49(35-41)45-13-4-7-17-51(45)58(52)53-18-10-16-48-46-14-5-8-19-54(46)59-56(48)53/h1-36H. The van der Waals surface area contributed by atoms with E-state index in [2.05, 4.69) is 215 Å². The zero-order valence-electron chi connectivity index (χ0n) is 32.5. The highest BCUT2D eigenvalue weighted by molar-refractivity contribution is 7.17. The predicted octanol–water partition coefficient (Wildman–Crippen LogP) is 16.4. The molecular weight excluding hydrogens is 749 g/mol. The Morgan fingerprint density at radius 1 is 0.383 bits per heavy atom. The molecule has 0 spiro atoms. The van der Waals surface area contributed by atoms with E-state index in [0.29, 0.717) is 0 Å². The average molecular weight is 785 g/mol. The third-order valence-corrected chi connectivity index (χ3v) is 12.9. The van der Waals surface area contributed by atoms with Gasteiger partial charge in [-0.3, -0.25) is 0 Å². The molecule has 3 nitrogen and oxygen atoms in total. The summed E-state index contributed by atoms with van der Waals surface area (Å²) in [7, 11) is 0. The second-order valence-corrected chi connectivity index (χ2v) is 16.2. The lowest BCUT2D eigenvalue weighted by molar-refractivity contribution is 0.666. The number of para-hydroxylation sites is 3. The Balaban J connectivity index is 0.937. The molecule has 0 amide bonds. The summed E-state index contributed by atoms with van der Waals surface area (Å²) < 4.78 is 10.2. The second-order valence-electron chi connectivity index (χ2n) is 15.3. The maximum atomic E-state index is 6.53. The highest BCUT2D eigenvalue weighted by atomic mass is 32.1. The van der Waals surface area contributed by atoms with Crippen molar-refractivity contribution in [2.75, 3.05) is 4.90 Å². The van der Waals surface area contributed by atoms with E-state index in [0.717, 1.165) is 61.3 Å². The first kappa shape index (κ1) is 34.4. The van der Waals surface area contributed by atoms with Gasteiger partial charge in [-0.2, -0.15) is 0 Å². The van der Waals surface area contributed by atoms with Crippen LogP contribution in [0.15, 0.2) is 222 Å². The smallest absolute Gasteiger partial charge is 0.159 e. The molecule has 0 radical (unpaired) electrons. The number of hydrogen-bond donors (Lipinski definition) is 0. The first-order valence-corrected chi connectivity index (χ1v) is 21.2. The molecule has 0 aliphatic heterocycles. The molecule has 0 atom stereocenters. The molecule has 3 heterocycles.